The number of nitrogens with one attached hydrogen (secondary N) is 2. The molecule has 0 saturated carbocycles. The van der Waals surface area contributed by atoms with Gasteiger partial charge in [-0.3, -0.25) is 14.4 Å². The summed E-state index contributed by atoms with van der Waals surface area (Å²) in [5.41, 5.74) is 2.86. The Morgan fingerprint density at radius 1 is 1.48 bits per heavy atom. The second-order valence-electron chi connectivity index (χ2n) is 5.03. The molecule has 0 atom stereocenters. The lowest BCUT2D eigenvalue weighted by Crippen LogP contribution is -2.32. The van der Waals surface area contributed by atoms with Crippen molar-refractivity contribution in [1.29, 1.82) is 0 Å². The highest BCUT2D eigenvalue weighted by molar-refractivity contribution is 14.1. The van der Waals surface area contributed by atoms with Crippen LogP contribution < -0.4 is 16.4 Å². The third-order valence-corrected chi connectivity index (χ3v) is 4.22. The molecule has 0 aliphatic heterocycles. The molecule has 1 heterocycles. The molecule has 0 fully saturated rings. The minimum Gasteiger partial charge on any atom is -0.394 e. The van der Waals surface area contributed by atoms with Gasteiger partial charge in [0.25, 0.3) is 11.5 Å². The van der Waals surface area contributed by atoms with E-state index in [9.17, 15) is 9.59 Å². The van der Waals surface area contributed by atoms with E-state index in [1.807, 2.05) is 6.07 Å². The van der Waals surface area contributed by atoms with Crippen molar-refractivity contribution in [2.24, 2.45) is 7.05 Å². The number of benzene rings is 1. The standard InChI is InChI=1S/C15H16ClIN4O4/c1-8-12(18-11-4-3-9(17)7-10(11)16)13(19-21(2)15(8)24)14(23)20-25-6-5-22/h3-4,7,18,22H,5-6H2,1-2H3,(H,20,23). The SMILES string of the molecule is Cc1c(Nc2ccc(I)cc2Cl)c(C(=O)NOCCO)nn(C)c1=O. The summed E-state index contributed by atoms with van der Waals surface area (Å²) in [6.07, 6.45) is 0. The minimum absolute atomic E-state index is 0.0350. The van der Waals surface area contributed by atoms with Crippen LogP contribution in [-0.4, -0.2) is 34.0 Å². The number of carbonyl (C=O) groups excluding carboxylic acids is 1. The topological polar surface area (TPSA) is 105 Å². The molecule has 0 aliphatic rings. The van der Waals surface area contributed by atoms with Crippen LogP contribution in [0.4, 0.5) is 11.4 Å². The summed E-state index contributed by atoms with van der Waals surface area (Å²) in [5.74, 6) is -0.656. The Bertz CT molecular complexity index is 856. The van der Waals surface area contributed by atoms with Crippen molar-refractivity contribution in [3.05, 3.63) is 48.4 Å². The quantitative estimate of drug-likeness (QED) is 0.332. The number of aryl methyl sites for hydroxylation is 1. The van der Waals surface area contributed by atoms with Crippen molar-refractivity contribution in [2.45, 2.75) is 6.92 Å². The molecule has 2 aromatic rings. The highest BCUT2D eigenvalue weighted by Crippen LogP contribution is 2.29. The molecule has 0 spiro atoms. The first-order valence-corrected chi connectivity index (χ1v) is 8.63. The fourth-order valence-electron chi connectivity index (χ4n) is 2.02. The van der Waals surface area contributed by atoms with E-state index in [-0.39, 0.29) is 30.2 Å². The predicted molar refractivity (Wildman–Crippen MR) is 102 cm³/mol. The monoisotopic (exact) mass is 478 g/mol. The zero-order valence-corrected chi connectivity index (χ0v) is 16.4. The van der Waals surface area contributed by atoms with Gasteiger partial charge in [0.1, 0.15) is 0 Å². The predicted octanol–water partition coefficient (Wildman–Crippen LogP) is 1.74. The second-order valence-corrected chi connectivity index (χ2v) is 6.68. The van der Waals surface area contributed by atoms with E-state index in [4.69, 9.17) is 21.5 Å². The Morgan fingerprint density at radius 3 is 2.84 bits per heavy atom. The van der Waals surface area contributed by atoms with Crippen molar-refractivity contribution in [3.8, 4) is 0 Å². The van der Waals surface area contributed by atoms with E-state index >= 15 is 0 Å². The molecule has 0 saturated heterocycles. The number of amides is 1. The average molecular weight is 479 g/mol. The van der Waals surface area contributed by atoms with Gasteiger partial charge in [0.15, 0.2) is 5.69 Å². The molecule has 3 N–H and O–H groups in total. The van der Waals surface area contributed by atoms with Crippen LogP contribution in [0.25, 0.3) is 0 Å². The van der Waals surface area contributed by atoms with Crippen LogP contribution in [0.3, 0.4) is 0 Å². The summed E-state index contributed by atoms with van der Waals surface area (Å²) in [4.78, 5) is 29.3. The zero-order chi connectivity index (χ0) is 18.6. The van der Waals surface area contributed by atoms with E-state index in [0.29, 0.717) is 16.3 Å². The number of carbonyl (C=O) groups is 1. The number of rotatable bonds is 6. The van der Waals surface area contributed by atoms with Gasteiger partial charge < -0.3 is 10.4 Å². The molecule has 1 aromatic carbocycles. The van der Waals surface area contributed by atoms with E-state index in [0.717, 1.165) is 8.25 Å². The number of aliphatic hydroxyl groups is 1. The zero-order valence-electron chi connectivity index (χ0n) is 13.5. The van der Waals surface area contributed by atoms with Crippen molar-refractivity contribution in [3.63, 3.8) is 0 Å². The second kappa shape index (κ2) is 8.61. The molecule has 25 heavy (non-hydrogen) atoms. The van der Waals surface area contributed by atoms with Gasteiger partial charge in [0.05, 0.1) is 29.6 Å². The summed E-state index contributed by atoms with van der Waals surface area (Å²) in [6.45, 7) is 1.27. The number of nitrogens with zero attached hydrogens (tertiary/aromatic N) is 2. The minimum atomic E-state index is -0.656. The molecule has 134 valence electrons. The molecule has 10 heteroatoms. The van der Waals surface area contributed by atoms with Crippen LogP contribution in [0.15, 0.2) is 23.0 Å². The number of anilines is 2. The van der Waals surface area contributed by atoms with Crippen LogP contribution in [0, 0.1) is 10.5 Å². The maximum absolute atomic E-state index is 12.3. The van der Waals surface area contributed by atoms with Gasteiger partial charge in [-0.15, -0.1) is 0 Å². The summed E-state index contributed by atoms with van der Waals surface area (Å²) < 4.78 is 2.01. The number of aromatic nitrogens is 2. The first kappa shape index (κ1) is 19.6. The number of halogens is 2. The smallest absolute Gasteiger partial charge is 0.297 e. The Morgan fingerprint density at radius 2 is 2.20 bits per heavy atom. The van der Waals surface area contributed by atoms with Crippen molar-refractivity contribution in [1.82, 2.24) is 15.3 Å². The lowest BCUT2D eigenvalue weighted by molar-refractivity contribution is 0.0164. The first-order chi connectivity index (χ1) is 11.8. The largest absolute Gasteiger partial charge is 0.394 e. The molecule has 1 aromatic heterocycles. The third-order valence-electron chi connectivity index (χ3n) is 3.24. The van der Waals surface area contributed by atoms with Crippen molar-refractivity contribution >= 4 is 51.5 Å². The van der Waals surface area contributed by atoms with Crippen LogP contribution >= 0.6 is 34.2 Å². The summed E-state index contributed by atoms with van der Waals surface area (Å²) in [7, 11) is 1.45. The van der Waals surface area contributed by atoms with Crippen molar-refractivity contribution < 1.29 is 14.7 Å². The van der Waals surface area contributed by atoms with Crippen LogP contribution in [0.2, 0.25) is 5.02 Å². The van der Waals surface area contributed by atoms with E-state index in [2.05, 4.69) is 38.5 Å². The van der Waals surface area contributed by atoms with Gasteiger partial charge in [-0.2, -0.15) is 5.10 Å². The van der Waals surface area contributed by atoms with Gasteiger partial charge in [-0.25, -0.2) is 10.2 Å². The molecule has 2 rings (SSSR count). The molecule has 0 aliphatic carbocycles. The maximum Gasteiger partial charge on any atom is 0.297 e. The van der Waals surface area contributed by atoms with Gasteiger partial charge in [-0.1, -0.05) is 11.6 Å². The molecular weight excluding hydrogens is 463 g/mol. The van der Waals surface area contributed by atoms with Crippen LogP contribution in [0.1, 0.15) is 16.1 Å². The fourth-order valence-corrected chi connectivity index (χ4v) is 2.92. The molecule has 8 nitrogen and oxygen atoms in total. The summed E-state index contributed by atoms with van der Waals surface area (Å²) in [6, 6.07) is 5.33. The molecule has 0 radical (unpaired) electrons. The third kappa shape index (κ3) is 4.69. The Kier molecular flexibility index (Phi) is 6.76. The molecule has 1 amide bonds. The number of hydroxylamine groups is 1. The van der Waals surface area contributed by atoms with Gasteiger partial charge in [0, 0.05) is 16.2 Å². The highest BCUT2D eigenvalue weighted by Gasteiger charge is 2.20. The number of hydrogen-bond acceptors (Lipinski definition) is 6. The van der Waals surface area contributed by atoms with E-state index in [1.165, 1.54) is 7.05 Å². The van der Waals surface area contributed by atoms with Gasteiger partial charge in [-0.05, 0) is 47.7 Å². The summed E-state index contributed by atoms with van der Waals surface area (Å²) in [5, 5.41) is 16.1. The summed E-state index contributed by atoms with van der Waals surface area (Å²) >= 11 is 8.34. The van der Waals surface area contributed by atoms with Gasteiger partial charge >= 0.3 is 0 Å². The highest BCUT2D eigenvalue weighted by atomic mass is 127. The van der Waals surface area contributed by atoms with Gasteiger partial charge in [0.2, 0.25) is 0 Å². The maximum atomic E-state index is 12.3. The Balaban J connectivity index is 2.45. The van der Waals surface area contributed by atoms with Crippen LogP contribution in [0.5, 0.6) is 0 Å². The van der Waals surface area contributed by atoms with Crippen LogP contribution in [-0.2, 0) is 11.9 Å². The Labute approximate surface area is 162 Å². The molecular formula is C15H16ClIN4O4. The Hall–Kier alpha value is -1.69. The molecule has 0 bridgehead atoms. The molecule has 0 unspecified atom stereocenters. The fraction of sp³-hybridized carbons (Fsp3) is 0.267. The number of hydrogen-bond donors (Lipinski definition) is 3. The lowest BCUT2D eigenvalue weighted by atomic mass is 10.2. The first-order valence-electron chi connectivity index (χ1n) is 7.18. The average Bonchev–Trinajstić information content (AvgIpc) is 2.57. The lowest BCUT2D eigenvalue weighted by Gasteiger charge is -2.15. The van der Waals surface area contributed by atoms with Crippen molar-refractivity contribution in [2.75, 3.05) is 18.5 Å². The van der Waals surface area contributed by atoms with E-state index < -0.39 is 5.91 Å². The van der Waals surface area contributed by atoms with E-state index in [1.54, 1.807) is 19.1 Å². The number of aliphatic hydroxyl groups excluding tert-OH is 1. The normalized spacial score (nSPS) is 10.6.